The zero-order valence-electron chi connectivity index (χ0n) is 12.3. The molecule has 1 aromatic carbocycles. The molecule has 118 valence electrons. The van der Waals surface area contributed by atoms with Gasteiger partial charge in [0, 0.05) is 6.54 Å². The zero-order chi connectivity index (χ0) is 16.3. The molecule has 22 heavy (non-hydrogen) atoms. The Morgan fingerprint density at radius 3 is 2.27 bits per heavy atom. The molecule has 0 spiro atoms. The molecule has 0 radical (unpaired) electrons. The van der Waals surface area contributed by atoms with Gasteiger partial charge >= 0.3 is 0 Å². The van der Waals surface area contributed by atoms with E-state index in [1.54, 1.807) is 26.0 Å². The predicted octanol–water partition coefficient (Wildman–Crippen LogP) is 1.32. The highest BCUT2D eigenvalue weighted by atomic mass is 32.2. The molecule has 7 heteroatoms. The monoisotopic (exact) mass is 324 g/mol. The van der Waals surface area contributed by atoms with Gasteiger partial charge in [-0.3, -0.25) is 19.3 Å². The summed E-state index contributed by atoms with van der Waals surface area (Å²) in [6.45, 7) is 3.38. The first-order valence-electron chi connectivity index (χ1n) is 6.90. The summed E-state index contributed by atoms with van der Waals surface area (Å²) in [5.41, 5.74) is 0.739. The summed E-state index contributed by atoms with van der Waals surface area (Å²) < 4.78 is 12.8. The first-order chi connectivity index (χ1) is 10.4. The number of carbonyl (C=O) groups is 3. The molecule has 1 aromatic rings. The van der Waals surface area contributed by atoms with Crippen LogP contribution in [0.3, 0.4) is 0 Å². The van der Waals surface area contributed by atoms with E-state index in [1.165, 1.54) is 23.9 Å². The van der Waals surface area contributed by atoms with E-state index >= 15 is 0 Å². The summed E-state index contributed by atoms with van der Waals surface area (Å²) in [6, 6.07) is 5.74. The number of nitrogens with one attached hydrogen (secondary N) is 1. The van der Waals surface area contributed by atoms with Crippen molar-refractivity contribution in [2.24, 2.45) is 0 Å². The van der Waals surface area contributed by atoms with E-state index < -0.39 is 5.91 Å². The topological polar surface area (TPSA) is 66.5 Å². The standard InChI is InChI=1S/C15H17FN2O3S/c1-9-14(20)18(15(21)10(2)22-9)8-13(19)17-7-11-3-5-12(16)6-4-11/h3-6,9-10H,7-8H2,1-2H3,(H,17,19)/t9-,10+. The van der Waals surface area contributed by atoms with Crippen LogP contribution in [-0.2, 0) is 20.9 Å². The van der Waals surface area contributed by atoms with Crippen LogP contribution >= 0.6 is 11.8 Å². The highest BCUT2D eigenvalue weighted by Crippen LogP contribution is 2.26. The number of hydrogen-bond acceptors (Lipinski definition) is 4. The predicted molar refractivity (Wildman–Crippen MR) is 81.5 cm³/mol. The molecule has 5 nitrogen and oxygen atoms in total. The highest BCUT2D eigenvalue weighted by molar-refractivity contribution is 8.02. The second-order valence-corrected chi connectivity index (χ2v) is 6.77. The number of halogens is 1. The van der Waals surface area contributed by atoms with Gasteiger partial charge in [0.2, 0.25) is 17.7 Å². The average Bonchev–Trinajstić information content (AvgIpc) is 2.49. The smallest absolute Gasteiger partial charge is 0.242 e. The van der Waals surface area contributed by atoms with Crippen LogP contribution in [-0.4, -0.2) is 39.7 Å². The molecule has 2 atom stereocenters. The summed E-state index contributed by atoms with van der Waals surface area (Å²) in [5.74, 6) is -1.45. The molecule has 0 aromatic heterocycles. The lowest BCUT2D eigenvalue weighted by Gasteiger charge is -2.31. The van der Waals surface area contributed by atoms with E-state index in [9.17, 15) is 18.8 Å². The fourth-order valence-corrected chi connectivity index (χ4v) is 3.23. The van der Waals surface area contributed by atoms with Crippen LogP contribution in [0.2, 0.25) is 0 Å². The van der Waals surface area contributed by atoms with Gasteiger partial charge in [0.05, 0.1) is 10.5 Å². The zero-order valence-corrected chi connectivity index (χ0v) is 13.2. The van der Waals surface area contributed by atoms with E-state index in [0.29, 0.717) is 0 Å². The van der Waals surface area contributed by atoms with Crippen LogP contribution in [0.15, 0.2) is 24.3 Å². The second-order valence-electron chi connectivity index (χ2n) is 5.09. The van der Waals surface area contributed by atoms with Crippen molar-refractivity contribution < 1.29 is 18.8 Å². The number of amides is 3. The number of benzene rings is 1. The first kappa shape index (κ1) is 16.5. The molecule has 1 saturated heterocycles. The fraction of sp³-hybridized carbons (Fsp3) is 0.400. The molecule has 0 bridgehead atoms. The largest absolute Gasteiger partial charge is 0.350 e. The van der Waals surface area contributed by atoms with Gasteiger partial charge in [-0.1, -0.05) is 12.1 Å². The summed E-state index contributed by atoms with van der Waals surface area (Å²) in [7, 11) is 0. The van der Waals surface area contributed by atoms with Crippen LogP contribution in [0.4, 0.5) is 4.39 Å². The molecule has 1 fully saturated rings. The maximum Gasteiger partial charge on any atom is 0.242 e. The van der Waals surface area contributed by atoms with Crippen molar-refractivity contribution in [2.75, 3.05) is 6.54 Å². The molecule has 3 amide bonds. The maximum atomic E-state index is 12.8. The molecule has 2 rings (SSSR count). The Bertz CT molecular complexity index is 571. The van der Waals surface area contributed by atoms with Crippen molar-refractivity contribution >= 4 is 29.5 Å². The number of rotatable bonds is 4. The van der Waals surface area contributed by atoms with Crippen molar-refractivity contribution in [1.29, 1.82) is 0 Å². The van der Waals surface area contributed by atoms with Gasteiger partial charge in [-0.15, -0.1) is 11.8 Å². The van der Waals surface area contributed by atoms with E-state index in [2.05, 4.69) is 5.32 Å². The van der Waals surface area contributed by atoms with Gasteiger partial charge in [-0.05, 0) is 31.5 Å². The molecule has 0 aliphatic carbocycles. The van der Waals surface area contributed by atoms with Crippen molar-refractivity contribution in [3.05, 3.63) is 35.6 Å². The lowest BCUT2D eigenvalue weighted by atomic mass is 10.2. The second kappa shape index (κ2) is 6.91. The van der Waals surface area contributed by atoms with E-state index in [1.807, 2.05) is 0 Å². The van der Waals surface area contributed by atoms with Crippen LogP contribution in [0, 0.1) is 5.82 Å². The summed E-state index contributed by atoms with van der Waals surface area (Å²) in [6.07, 6.45) is 0. The van der Waals surface area contributed by atoms with Gasteiger partial charge in [-0.25, -0.2) is 4.39 Å². The van der Waals surface area contributed by atoms with Crippen LogP contribution in [0.5, 0.6) is 0 Å². The van der Waals surface area contributed by atoms with Gasteiger partial charge in [0.15, 0.2) is 0 Å². The van der Waals surface area contributed by atoms with Crippen molar-refractivity contribution in [3.8, 4) is 0 Å². The fourth-order valence-electron chi connectivity index (χ4n) is 2.13. The Hall–Kier alpha value is -1.89. The highest BCUT2D eigenvalue weighted by Gasteiger charge is 2.37. The van der Waals surface area contributed by atoms with Gasteiger partial charge in [-0.2, -0.15) is 0 Å². The van der Waals surface area contributed by atoms with Gasteiger partial charge in [0.1, 0.15) is 12.4 Å². The molecular formula is C15H17FN2O3S. The Labute approximate surface area is 132 Å². The molecular weight excluding hydrogens is 307 g/mol. The van der Waals surface area contributed by atoms with Gasteiger partial charge in [0.25, 0.3) is 0 Å². The minimum atomic E-state index is -0.419. The molecule has 1 N–H and O–H groups in total. The molecule has 1 heterocycles. The summed E-state index contributed by atoms with van der Waals surface area (Å²) in [5, 5.41) is 1.95. The number of hydrogen-bond donors (Lipinski definition) is 1. The van der Waals surface area contributed by atoms with Crippen LogP contribution in [0.25, 0.3) is 0 Å². The number of imide groups is 1. The normalized spacial score (nSPS) is 21.9. The molecule has 0 saturated carbocycles. The van der Waals surface area contributed by atoms with Crippen molar-refractivity contribution in [1.82, 2.24) is 10.2 Å². The van der Waals surface area contributed by atoms with Crippen LogP contribution < -0.4 is 5.32 Å². The lowest BCUT2D eigenvalue weighted by molar-refractivity contribution is -0.147. The first-order valence-corrected chi connectivity index (χ1v) is 7.84. The van der Waals surface area contributed by atoms with Crippen LogP contribution in [0.1, 0.15) is 19.4 Å². The Balaban J connectivity index is 1.91. The molecule has 1 aliphatic rings. The Kier molecular flexibility index (Phi) is 5.18. The maximum absolute atomic E-state index is 12.8. The van der Waals surface area contributed by atoms with E-state index in [0.717, 1.165) is 10.5 Å². The number of thioether (sulfide) groups is 1. The number of nitrogens with zero attached hydrogens (tertiary/aromatic N) is 1. The molecule has 1 aliphatic heterocycles. The van der Waals surface area contributed by atoms with Crippen molar-refractivity contribution in [2.45, 2.75) is 30.9 Å². The Morgan fingerprint density at radius 1 is 1.18 bits per heavy atom. The number of carbonyl (C=O) groups excluding carboxylic acids is 3. The van der Waals surface area contributed by atoms with E-state index in [-0.39, 0.29) is 41.2 Å². The molecule has 0 unspecified atom stereocenters. The lowest BCUT2D eigenvalue weighted by Crippen LogP contribution is -2.53. The SMILES string of the molecule is C[C@@H]1S[C@H](C)C(=O)N(CC(=O)NCc2ccc(F)cc2)C1=O. The minimum Gasteiger partial charge on any atom is -0.350 e. The Morgan fingerprint density at radius 2 is 1.73 bits per heavy atom. The summed E-state index contributed by atoms with van der Waals surface area (Å²) >= 11 is 1.29. The van der Waals surface area contributed by atoms with Gasteiger partial charge < -0.3 is 5.32 Å². The minimum absolute atomic E-state index is 0.217. The van der Waals surface area contributed by atoms with Crippen molar-refractivity contribution in [3.63, 3.8) is 0 Å². The quantitative estimate of drug-likeness (QED) is 0.849. The third kappa shape index (κ3) is 3.85. The third-order valence-electron chi connectivity index (χ3n) is 3.34. The third-order valence-corrected chi connectivity index (χ3v) is 4.56. The average molecular weight is 324 g/mol. The van der Waals surface area contributed by atoms with E-state index in [4.69, 9.17) is 0 Å². The summed E-state index contributed by atoms with van der Waals surface area (Å²) in [4.78, 5) is 36.9.